The molecule has 0 bridgehead atoms. The number of thiazole rings is 1. The zero-order valence-corrected chi connectivity index (χ0v) is 13.5. The summed E-state index contributed by atoms with van der Waals surface area (Å²) >= 11 is 5.05. The normalized spacial score (nSPS) is 11.6. The average Bonchev–Trinajstić information content (AvgIpc) is 2.76. The van der Waals surface area contributed by atoms with Crippen LogP contribution in [0, 0.1) is 5.82 Å². The van der Waals surface area contributed by atoms with Crippen molar-refractivity contribution in [3.05, 3.63) is 44.6 Å². The Hall–Kier alpha value is -0.940. The molecule has 0 saturated heterocycles. The van der Waals surface area contributed by atoms with Gasteiger partial charge in [-0.2, -0.15) is 0 Å². The molecule has 0 fully saturated rings. The summed E-state index contributed by atoms with van der Waals surface area (Å²) in [5, 5.41) is 4.41. The molecule has 1 N–H and O–H groups in total. The lowest BCUT2D eigenvalue weighted by molar-refractivity contribution is 0.585. The highest BCUT2D eigenvalue weighted by Crippen LogP contribution is 2.28. The van der Waals surface area contributed by atoms with E-state index in [2.05, 4.69) is 47.0 Å². The molecule has 0 aliphatic rings. The summed E-state index contributed by atoms with van der Waals surface area (Å²) in [6, 6.07) is 4.63. The summed E-state index contributed by atoms with van der Waals surface area (Å²) in [4.78, 5) is 5.61. The molecule has 1 aromatic heterocycles. The molecule has 2 rings (SSSR count). The molecular weight excluding hydrogens is 327 g/mol. The second-order valence-corrected chi connectivity index (χ2v) is 7.33. The van der Waals surface area contributed by atoms with Crippen LogP contribution in [0.25, 0.3) is 0 Å². The van der Waals surface area contributed by atoms with Gasteiger partial charge in [-0.05, 0) is 34.1 Å². The van der Waals surface area contributed by atoms with Crippen LogP contribution in [-0.2, 0) is 12.0 Å². The third-order valence-corrected chi connectivity index (χ3v) is 4.66. The maximum atomic E-state index is 13.0. The molecule has 1 heterocycles. The summed E-state index contributed by atoms with van der Waals surface area (Å²) in [6.07, 6.45) is 1.90. The van der Waals surface area contributed by atoms with Crippen LogP contribution in [0.5, 0.6) is 0 Å². The standard InChI is InChI=1S/C14H16BrFN2S/c1-14(2,3)13-18-8-10(19-13)7-17-12-5-4-9(16)6-11(12)15/h4-6,8,17H,7H2,1-3H3. The highest BCUT2D eigenvalue weighted by molar-refractivity contribution is 9.10. The predicted octanol–water partition coefficient (Wildman–Crippen LogP) is 4.95. The van der Waals surface area contributed by atoms with Gasteiger partial charge in [-0.15, -0.1) is 11.3 Å². The molecule has 102 valence electrons. The minimum Gasteiger partial charge on any atom is -0.379 e. The fraction of sp³-hybridized carbons (Fsp3) is 0.357. The van der Waals surface area contributed by atoms with E-state index < -0.39 is 0 Å². The Kier molecular flexibility index (Phi) is 4.26. The zero-order valence-electron chi connectivity index (χ0n) is 11.1. The molecule has 5 heteroatoms. The Labute approximate surface area is 125 Å². The summed E-state index contributed by atoms with van der Waals surface area (Å²) in [6.45, 7) is 7.15. The molecule has 2 nitrogen and oxygen atoms in total. The lowest BCUT2D eigenvalue weighted by Gasteiger charge is -2.13. The summed E-state index contributed by atoms with van der Waals surface area (Å²) < 4.78 is 13.7. The molecule has 1 aromatic carbocycles. The second-order valence-electron chi connectivity index (χ2n) is 5.36. The highest BCUT2D eigenvalue weighted by atomic mass is 79.9. The number of hydrogen-bond acceptors (Lipinski definition) is 3. The van der Waals surface area contributed by atoms with Gasteiger partial charge >= 0.3 is 0 Å². The Balaban J connectivity index is 2.04. The Morgan fingerprint density at radius 3 is 2.68 bits per heavy atom. The van der Waals surface area contributed by atoms with Crippen LogP contribution >= 0.6 is 27.3 Å². The number of benzene rings is 1. The average molecular weight is 343 g/mol. The van der Waals surface area contributed by atoms with Crippen molar-refractivity contribution in [2.45, 2.75) is 32.7 Å². The zero-order chi connectivity index (χ0) is 14.0. The van der Waals surface area contributed by atoms with Gasteiger partial charge in [0.05, 0.1) is 11.6 Å². The van der Waals surface area contributed by atoms with Crippen LogP contribution in [0.3, 0.4) is 0 Å². The number of halogens is 2. The summed E-state index contributed by atoms with van der Waals surface area (Å²) in [7, 11) is 0. The van der Waals surface area contributed by atoms with Gasteiger partial charge in [-0.1, -0.05) is 20.8 Å². The Bertz CT molecular complexity index is 575. The van der Waals surface area contributed by atoms with Crippen molar-refractivity contribution in [1.29, 1.82) is 0 Å². The number of rotatable bonds is 3. The minimum atomic E-state index is -0.245. The van der Waals surface area contributed by atoms with Gasteiger partial charge < -0.3 is 5.32 Å². The fourth-order valence-electron chi connectivity index (χ4n) is 1.55. The van der Waals surface area contributed by atoms with Gasteiger partial charge in [-0.25, -0.2) is 9.37 Å². The quantitative estimate of drug-likeness (QED) is 0.853. The topological polar surface area (TPSA) is 24.9 Å². The van der Waals surface area contributed by atoms with Crippen molar-refractivity contribution in [2.24, 2.45) is 0 Å². The summed E-state index contributed by atoms with van der Waals surface area (Å²) in [5.41, 5.74) is 0.964. The van der Waals surface area contributed by atoms with Crippen LogP contribution in [0.4, 0.5) is 10.1 Å². The number of nitrogens with one attached hydrogen (secondary N) is 1. The molecular formula is C14H16BrFN2S. The molecule has 19 heavy (non-hydrogen) atoms. The smallest absolute Gasteiger partial charge is 0.124 e. The van der Waals surface area contributed by atoms with Crippen LogP contribution in [0.2, 0.25) is 0 Å². The molecule has 0 aliphatic carbocycles. The highest BCUT2D eigenvalue weighted by Gasteiger charge is 2.17. The van der Waals surface area contributed by atoms with E-state index >= 15 is 0 Å². The molecule has 0 aliphatic heterocycles. The van der Waals surface area contributed by atoms with E-state index in [1.165, 1.54) is 17.0 Å². The fourth-order valence-corrected chi connectivity index (χ4v) is 2.95. The van der Waals surface area contributed by atoms with Crippen molar-refractivity contribution in [2.75, 3.05) is 5.32 Å². The van der Waals surface area contributed by atoms with E-state index in [9.17, 15) is 4.39 Å². The van der Waals surface area contributed by atoms with Crippen LogP contribution in [-0.4, -0.2) is 4.98 Å². The first-order valence-corrected chi connectivity index (χ1v) is 7.61. The molecule has 0 radical (unpaired) electrons. The van der Waals surface area contributed by atoms with Gasteiger partial charge in [-0.3, -0.25) is 0 Å². The van der Waals surface area contributed by atoms with Gasteiger partial charge in [0.1, 0.15) is 5.82 Å². The number of aromatic nitrogens is 1. The van der Waals surface area contributed by atoms with Gasteiger partial charge in [0.2, 0.25) is 0 Å². The Morgan fingerprint density at radius 1 is 1.37 bits per heavy atom. The van der Waals surface area contributed by atoms with E-state index in [1.807, 2.05) is 6.20 Å². The first kappa shape index (κ1) is 14.5. The van der Waals surface area contributed by atoms with Crippen molar-refractivity contribution in [1.82, 2.24) is 4.98 Å². The van der Waals surface area contributed by atoms with E-state index in [4.69, 9.17) is 0 Å². The third kappa shape index (κ3) is 3.76. The molecule has 0 saturated carbocycles. The van der Waals surface area contributed by atoms with Crippen molar-refractivity contribution in [3.63, 3.8) is 0 Å². The van der Waals surface area contributed by atoms with Gasteiger partial charge in [0.25, 0.3) is 0 Å². The lowest BCUT2D eigenvalue weighted by Crippen LogP contribution is -2.09. The Morgan fingerprint density at radius 2 is 2.11 bits per heavy atom. The number of hydrogen-bond donors (Lipinski definition) is 1. The maximum absolute atomic E-state index is 13.0. The van der Waals surface area contributed by atoms with E-state index in [-0.39, 0.29) is 11.2 Å². The van der Waals surface area contributed by atoms with Crippen LogP contribution < -0.4 is 5.32 Å². The largest absolute Gasteiger partial charge is 0.379 e. The maximum Gasteiger partial charge on any atom is 0.124 e. The number of nitrogens with zero attached hydrogens (tertiary/aromatic N) is 1. The summed E-state index contributed by atoms with van der Waals surface area (Å²) in [5.74, 6) is -0.245. The molecule has 0 atom stereocenters. The lowest BCUT2D eigenvalue weighted by atomic mass is 9.98. The SMILES string of the molecule is CC(C)(C)c1ncc(CNc2ccc(F)cc2Br)s1. The molecule has 0 unspecified atom stereocenters. The van der Waals surface area contributed by atoms with E-state index in [1.54, 1.807) is 17.4 Å². The van der Waals surface area contributed by atoms with Gasteiger partial charge in [0, 0.05) is 26.6 Å². The predicted molar refractivity (Wildman–Crippen MR) is 82.2 cm³/mol. The first-order valence-electron chi connectivity index (χ1n) is 6.00. The first-order chi connectivity index (χ1) is 8.86. The van der Waals surface area contributed by atoms with Crippen molar-refractivity contribution >= 4 is 33.0 Å². The van der Waals surface area contributed by atoms with Gasteiger partial charge in [0.15, 0.2) is 0 Å². The van der Waals surface area contributed by atoms with E-state index in [0.717, 1.165) is 15.2 Å². The van der Waals surface area contributed by atoms with Crippen LogP contribution in [0.1, 0.15) is 30.7 Å². The van der Waals surface area contributed by atoms with Crippen molar-refractivity contribution < 1.29 is 4.39 Å². The molecule has 0 amide bonds. The monoisotopic (exact) mass is 342 g/mol. The third-order valence-electron chi connectivity index (χ3n) is 2.58. The van der Waals surface area contributed by atoms with E-state index in [0.29, 0.717) is 6.54 Å². The molecule has 0 spiro atoms. The second kappa shape index (κ2) is 5.59. The minimum absolute atomic E-state index is 0.0827. The van der Waals surface area contributed by atoms with Crippen molar-refractivity contribution in [3.8, 4) is 0 Å². The molecule has 2 aromatic rings. The number of anilines is 1. The van der Waals surface area contributed by atoms with Crippen LogP contribution in [0.15, 0.2) is 28.9 Å².